The molecular weight excluding hydrogens is 409 g/mol. The van der Waals surface area contributed by atoms with Gasteiger partial charge in [-0.2, -0.15) is 0 Å². The number of fused-ring (bicyclic) bond motifs is 1. The Morgan fingerprint density at radius 2 is 2.00 bits per heavy atom. The van der Waals surface area contributed by atoms with Crippen LogP contribution in [0.15, 0.2) is 50.1 Å². The standard InChI is InChI=1S/C14H8Br2ClNO2/c15-8-2-3-9(10(17)6-8)13(16)7-1-4-11-12(5-7)20-14(19)18-11/h1-6,13H,(H,18,19). The average molecular weight is 417 g/mol. The molecule has 1 aromatic heterocycles. The molecule has 0 aliphatic rings. The van der Waals surface area contributed by atoms with Crippen molar-refractivity contribution in [1.82, 2.24) is 4.98 Å². The lowest BCUT2D eigenvalue weighted by Crippen LogP contribution is -1.93. The molecule has 0 bridgehead atoms. The first kappa shape index (κ1) is 13.9. The van der Waals surface area contributed by atoms with E-state index in [0.29, 0.717) is 16.1 Å². The van der Waals surface area contributed by atoms with Crippen LogP contribution in [0.1, 0.15) is 16.0 Å². The molecule has 1 heterocycles. The second-order valence-electron chi connectivity index (χ2n) is 4.30. The van der Waals surface area contributed by atoms with Crippen LogP contribution < -0.4 is 5.76 Å². The lowest BCUT2D eigenvalue weighted by Gasteiger charge is -2.12. The molecule has 1 atom stereocenters. The number of halogens is 3. The zero-order chi connectivity index (χ0) is 14.3. The summed E-state index contributed by atoms with van der Waals surface area (Å²) < 4.78 is 6.00. The summed E-state index contributed by atoms with van der Waals surface area (Å²) >= 11 is 13.3. The predicted molar refractivity (Wildman–Crippen MR) is 86.8 cm³/mol. The number of rotatable bonds is 2. The lowest BCUT2D eigenvalue weighted by atomic mass is 10.0. The van der Waals surface area contributed by atoms with Crippen molar-refractivity contribution in [3.63, 3.8) is 0 Å². The van der Waals surface area contributed by atoms with Crippen LogP contribution in [0.25, 0.3) is 11.1 Å². The second-order valence-corrected chi connectivity index (χ2v) is 6.54. The SMILES string of the molecule is O=c1[nH]c2ccc(C(Br)c3ccc(Br)cc3Cl)cc2o1. The third kappa shape index (κ3) is 2.57. The number of aromatic nitrogens is 1. The maximum Gasteiger partial charge on any atom is 0.417 e. The highest BCUT2D eigenvalue weighted by molar-refractivity contribution is 9.10. The monoisotopic (exact) mass is 415 g/mol. The molecule has 0 spiro atoms. The van der Waals surface area contributed by atoms with Crippen LogP contribution in [0.5, 0.6) is 0 Å². The van der Waals surface area contributed by atoms with Crippen LogP contribution >= 0.6 is 43.5 Å². The molecule has 0 aliphatic carbocycles. The molecule has 2 aromatic carbocycles. The average Bonchev–Trinajstić information content (AvgIpc) is 2.77. The van der Waals surface area contributed by atoms with Crippen LogP contribution in [-0.4, -0.2) is 4.98 Å². The predicted octanol–water partition coefficient (Wildman–Crippen LogP) is 5.02. The molecule has 0 fully saturated rings. The Labute approximate surface area is 136 Å². The molecule has 102 valence electrons. The minimum Gasteiger partial charge on any atom is -0.408 e. The van der Waals surface area contributed by atoms with Gasteiger partial charge in [0.25, 0.3) is 0 Å². The van der Waals surface area contributed by atoms with Gasteiger partial charge >= 0.3 is 5.76 Å². The van der Waals surface area contributed by atoms with E-state index in [1.807, 2.05) is 36.4 Å². The number of benzene rings is 2. The number of nitrogens with one attached hydrogen (secondary N) is 1. The number of H-pyrrole nitrogens is 1. The Balaban J connectivity index is 2.06. The van der Waals surface area contributed by atoms with E-state index in [1.165, 1.54) is 0 Å². The summed E-state index contributed by atoms with van der Waals surface area (Å²) in [5.74, 6) is -0.454. The maximum atomic E-state index is 11.2. The van der Waals surface area contributed by atoms with Gasteiger partial charge < -0.3 is 4.42 Å². The van der Waals surface area contributed by atoms with Crippen molar-refractivity contribution in [2.75, 3.05) is 0 Å². The number of oxazole rings is 1. The molecule has 6 heteroatoms. The number of aromatic amines is 1. The quantitative estimate of drug-likeness (QED) is 0.595. The summed E-state index contributed by atoms with van der Waals surface area (Å²) in [7, 11) is 0. The maximum absolute atomic E-state index is 11.2. The highest BCUT2D eigenvalue weighted by Gasteiger charge is 2.15. The van der Waals surface area contributed by atoms with Gasteiger partial charge in [-0.3, -0.25) is 4.98 Å². The van der Waals surface area contributed by atoms with Gasteiger partial charge in [0, 0.05) is 9.50 Å². The molecule has 20 heavy (non-hydrogen) atoms. The third-order valence-corrected chi connectivity index (χ3v) is 4.82. The van der Waals surface area contributed by atoms with Crippen LogP contribution in [-0.2, 0) is 0 Å². The van der Waals surface area contributed by atoms with Crippen molar-refractivity contribution in [2.45, 2.75) is 4.83 Å². The summed E-state index contributed by atoms with van der Waals surface area (Å²) in [6, 6.07) is 11.3. The summed E-state index contributed by atoms with van der Waals surface area (Å²) in [6.07, 6.45) is 0. The van der Waals surface area contributed by atoms with E-state index in [9.17, 15) is 4.79 Å². The Bertz CT molecular complexity index is 841. The molecule has 0 amide bonds. The van der Waals surface area contributed by atoms with Crippen molar-refractivity contribution in [2.24, 2.45) is 0 Å². The third-order valence-electron chi connectivity index (χ3n) is 2.97. The molecule has 3 nitrogen and oxygen atoms in total. The second kappa shape index (κ2) is 5.39. The van der Waals surface area contributed by atoms with Crippen molar-refractivity contribution < 1.29 is 4.42 Å². The molecular formula is C14H8Br2ClNO2. The Morgan fingerprint density at radius 1 is 1.20 bits per heavy atom. The van der Waals surface area contributed by atoms with Gasteiger partial charge in [0.15, 0.2) is 5.58 Å². The van der Waals surface area contributed by atoms with E-state index >= 15 is 0 Å². The lowest BCUT2D eigenvalue weighted by molar-refractivity contribution is 0.555. The normalized spacial score (nSPS) is 12.8. The van der Waals surface area contributed by atoms with E-state index in [-0.39, 0.29) is 4.83 Å². The largest absolute Gasteiger partial charge is 0.417 e. The number of alkyl halides is 1. The fraction of sp³-hybridized carbons (Fsp3) is 0.0714. The Kier molecular flexibility index (Phi) is 3.75. The van der Waals surface area contributed by atoms with Gasteiger partial charge in [-0.05, 0) is 35.4 Å². The fourth-order valence-corrected chi connectivity index (χ4v) is 3.60. The summed E-state index contributed by atoms with van der Waals surface area (Å²) in [5.41, 5.74) is 3.13. The minimum atomic E-state index is -0.454. The van der Waals surface area contributed by atoms with Crippen molar-refractivity contribution >= 4 is 54.6 Å². The van der Waals surface area contributed by atoms with E-state index in [1.54, 1.807) is 0 Å². The van der Waals surface area contributed by atoms with Crippen LogP contribution in [0.4, 0.5) is 0 Å². The molecule has 1 N–H and O–H groups in total. The summed E-state index contributed by atoms with van der Waals surface area (Å²) in [4.78, 5) is 13.7. The first-order chi connectivity index (χ1) is 9.54. The van der Waals surface area contributed by atoms with E-state index in [4.69, 9.17) is 16.0 Å². The molecule has 0 saturated carbocycles. The van der Waals surface area contributed by atoms with Crippen LogP contribution in [0.3, 0.4) is 0 Å². The van der Waals surface area contributed by atoms with Gasteiger partial charge in [0.2, 0.25) is 0 Å². The Morgan fingerprint density at radius 3 is 2.75 bits per heavy atom. The summed E-state index contributed by atoms with van der Waals surface area (Å²) in [6.45, 7) is 0. The zero-order valence-electron chi connectivity index (χ0n) is 9.99. The van der Waals surface area contributed by atoms with E-state index in [2.05, 4.69) is 36.8 Å². The highest BCUT2D eigenvalue weighted by atomic mass is 79.9. The minimum absolute atomic E-state index is 0.0762. The Hall–Kier alpha value is -1.04. The molecule has 3 aromatic rings. The van der Waals surface area contributed by atoms with Gasteiger partial charge in [-0.25, -0.2) is 4.79 Å². The first-order valence-corrected chi connectivity index (χ1v) is 7.85. The van der Waals surface area contributed by atoms with E-state index in [0.717, 1.165) is 15.6 Å². The topological polar surface area (TPSA) is 46.0 Å². The van der Waals surface area contributed by atoms with Crippen molar-refractivity contribution in [1.29, 1.82) is 0 Å². The molecule has 0 radical (unpaired) electrons. The molecule has 3 rings (SSSR count). The molecule has 1 unspecified atom stereocenters. The van der Waals surface area contributed by atoms with Crippen molar-refractivity contribution in [3.8, 4) is 0 Å². The smallest absolute Gasteiger partial charge is 0.408 e. The first-order valence-electron chi connectivity index (χ1n) is 5.76. The van der Waals surface area contributed by atoms with Gasteiger partial charge in [-0.15, -0.1) is 0 Å². The van der Waals surface area contributed by atoms with Crippen molar-refractivity contribution in [3.05, 3.63) is 67.6 Å². The fourth-order valence-electron chi connectivity index (χ4n) is 2.01. The van der Waals surface area contributed by atoms with Crippen LogP contribution in [0.2, 0.25) is 5.02 Å². The van der Waals surface area contributed by atoms with E-state index < -0.39 is 5.76 Å². The summed E-state index contributed by atoms with van der Waals surface area (Å²) in [5, 5.41) is 0.664. The van der Waals surface area contributed by atoms with Gasteiger partial charge in [0.1, 0.15) is 0 Å². The zero-order valence-corrected chi connectivity index (χ0v) is 13.9. The molecule has 0 saturated heterocycles. The highest BCUT2D eigenvalue weighted by Crippen LogP contribution is 2.37. The number of hydrogen-bond acceptors (Lipinski definition) is 2. The molecule has 0 aliphatic heterocycles. The van der Waals surface area contributed by atoms with Gasteiger partial charge in [-0.1, -0.05) is 55.6 Å². The van der Waals surface area contributed by atoms with Gasteiger partial charge in [0.05, 0.1) is 10.3 Å². The number of hydrogen-bond donors (Lipinski definition) is 1. The van der Waals surface area contributed by atoms with Crippen LogP contribution in [0, 0.1) is 0 Å².